The van der Waals surface area contributed by atoms with Crippen molar-refractivity contribution in [1.29, 1.82) is 0 Å². The molecule has 2 rings (SSSR count). The molecule has 0 radical (unpaired) electrons. The zero-order chi connectivity index (χ0) is 18.1. The van der Waals surface area contributed by atoms with Gasteiger partial charge in [0.25, 0.3) is 5.91 Å². The number of esters is 1. The van der Waals surface area contributed by atoms with Gasteiger partial charge in [-0.1, -0.05) is 49.4 Å². The number of amides is 3. The van der Waals surface area contributed by atoms with Crippen LogP contribution in [-0.2, 0) is 9.53 Å². The van der Waals surface area contributed by atoms with Gasteiger partial charge in [-0.2, -0.15) is 0 Å². The van der Waals surface area contributed by atoms with Gasteiger partial charge in [0.05, 0.1) is 5.56 Å². The molecule has 0 aliphatic carbocycles. The topological polar surface area (TPSA) is 84.5 Å². The van der Waals surface area contributed by atoms with Gasteiger partial charge in [-0.3, -0.25) is 10.1 Å². The quantitative estimate of drug-likeness (QED) is 0.792. The van der Waals surface area contributed by atoms with Crippen molar-refractivity contribution in [3.63, 3.8) is 0 Å². The Kier molecular flexibility index (Phi) is 6.71. The molecular formula is C19H20N2O4. The first-order chi connectivity index (χ1) is 12.1. The van der Waals surface area contributed by atoms with Gasteiger partial charge in [-0.05, 0) is 29.7 Å². The number of hydrogen-bond acceptors (Lipinski definition) is 4. The molecule has 0 aliphatic heterocycles. The van der Waals surface area contributed by atoms with Crippen molar-refractivity contribution in [2.75, 3.05) is 13.2 Å². The van der Waals surface area contributed by atoms with Gasteiger partial charge >= 0.3 is 12.0 Å². The molecule has 0 saturated carbocycles. The van der Waals surface area contributed by atoms with E-state index in [0.717, 1.165) is 17.5 Å². The third-order valence-electron chi connectivity index (χ3n) is 3.35. The molecule has 0 aromatic heterocycles. The van der Waals surface area contributed by atoms with E-state index in [0.29, 0.717) is 12.1 Å². The maximum atomic E-state index is 12.0. The SMILES string of the molecule is CCCNC(=O)NC(=O)COC(=O)c1ccc(-c2ccccc2)cc1. The van der Waals surface area contributed by atoms with Gasteiger partial charge < -0.3 is 10.1 Å². The highest BCUT2D eigenvalue weighted by atomic mass is 16.5. The van der Waals surface area contributed by atoms with Gasteiger partial charge in [0.2, 0.25) is 0 Å². The van der Waals surface area contributed by atoms with Crippen LogP contribution >= 0.6 is 0 Å². The second kappa shape index (κ2) is 9.22. The molecule has 0 heterocycles. The van der Waals surface area contributed by atoms with Crippen LogP contribution in [-0.4, -0.2) is 31.1 Å². The molecule has 0 spiro atoms. The summed E-state index contributed by atoms with van der Waals surface area (Å²) in [7, 11) is 0. The highest BCUT2D eigenvalue weighted by Gasteiger charge is 2.12. The summed E-state index contributed by atoms with van der Waals surface area (Å²) in [6, 6.07) is 16.0. The van der Waals surface area contributed by atoms with E-state index in [1.165, 1.54) is 0 Å². The smallest absolute Gasteiger partial charge is 0.338 e. The number of ether oxygens (including phenoxy) is 1. The molecule has 0 bridgehead atoms. The first-order valence-corrected chi connectivity index (χ1v) is 8.00. The third kappa shape index (κ3) is 5.76. The number of hydrogen-bond donors (Lipinski definition) is 2. The van der Waals surface area contributed by atoms with Crippen molar-refractivity contribution in [3.05, 3.63) is 60.2 Å². The lowest BCUT2D eigenvalue weighted by molar-refractivity contribution is -0.123. The summed E-state index contributed by atoms with van der Waals surface area (Å²) >= 11 is 0. The highest BCUT2D eigenvalue weighted by Crippen LogP contribution is 2.19. The van der Waals surface area contributed by atoms with Crippen LogP contribution in [0.5, 0.6) is 0 Å². The maximum absolute atomic E-state index is 12.0. The molecule has 0 unspecified atom stereocenters. The summed E-state index contributed by atoms with van der Waals surface area (Å²) in [4.78, 5) is 34.8. The fraction of sp³-hybridized carbons (Fsp3) is 0.211. The predicted molar refractivity (Wildman–Crippen MR) is 94.0 cm³/mol. The number of imide groups is 1. The van der Waals surface area contributed by atoms with Crippen LogP contribution in [0.3, 0.4) is 0 Å². The van der Waals surface area contributed by atoms with Gasteiger partial charge in [-0.15, -0.1) is 0 Å². The van der Waals surface area contributed by atoms with Crippen molar-refractivity contribution in [1.82, 2.24) is 10.6 Å². The lowest BCUT2D eigenvalue weighted by Crippen LogP contribution is -2.41. The van der Waals surface area contributed by atoms with Gasteiger partial charge in [0, 0.05) is 6.54 Å². The van der Waals surface area contributed by atoms with E-state index >= 15 is 0 Å². The van der Waals surface area contributed by atoms with Gasteiger partial charge in [-0.25, -0.2) is 9.59 Å². The first-order valence-electron chi connectivity index (χ1n) is 8.00. The molecule has 3 amide bonds. The van der Waals surface area contributed by atoms with Crippen molar-refractivity contribution in [2.24, 2.45) is 0 Å². The normalized spacial score (nSPS) is 9.96. The summed E-state index contributed by atoms with van der Waals surface area (Å²) in [5.41, 5.74) is 2.35. The summed E-state index contributed by atoms with van der Waals surface area (Å²) in [6.07, 6.45) is 0.759. The minimum Gasteiger partial charge on any atom is -0.452 e. The Labute approximate surface area is 146 Å². The summed E-state index contributed by atoms with van der Waals surface area (Å²) in [5.74, 6) is -1.30. The molecule has 2 aromatic rings. The number of carbonyl (C=O) groups is 3. The van der Waals surface area contributed by atoms with Crippen LogP contribution in [0.25, 0.3) is 11.1 Å². The third-order valence-corrected chi connectivity index (χ3v) is 3.35. The molecule has 0 atom stereocenters. The van der Waals surface area contributed by atoms with Crippen molar-refractivity contribution in [2.45, 2.75) is 13.3 Å². The average Bonchev–Trinajstić information content (AvgIpc) is 2.65. The number of carbonyl (C=O) groups excluding carboxylic acids is 3. The molecule has 130 valence electrons. The number of rotatable bonds is 6. The lowest BCUT2D eigenvalue weighted by atomic mass is 10.0. The van der Waals surface area contributed by atoms with E-state index in [1.807, 2.05) is 49.4 Å². The van der Waals surface area contributed by atoms with Crippen molar-refractivity contribution in [3.8, 4) is 11.1 Å². The minimum atomic E-state index is -0.678. The highest BCUT2D eigenvalue weighted by molar-refractivity contribution is 5.97. The number of urea groups is 1. The van der Waals surface area contributed by atoms with E-state index < -0.39 is 24.5 Å². The van der Waals surface area contributed by atoms with Gasteiger partial charge in [0.15, 0.2) is 6.61 Å². The fourth-order valence-corrected chi connectivity index (χ4v) is 2.09. The maximum Gasteiger partial charge on any atom is 0.338 e. The number of nitrogens with one attached hydrogen (secondary N) is 2. The minimum absolute atomic E-state index is 0.336. The van der Waals surface area contributed by atoms with Crippen molar-refractivity contribution < 1.29 is 19.1 Å². The fourth-order valence-electron chi connectivity index (χ4n) is 2.09. The average molecular weight is 340 g/mol. The van der Waals surface area contributed by atoms with E-state index in [2.05, 4.69) is 10.6 Å². The second-order valence-electron chi connectivity index (χ2n) is 5.32. The van der Waals surface area contributed by atoms with E-state index in [4.69, 9.17) is 4.74 Å². The number of benzene rings is 2. The van der Waals surface area contributed by atoms with E-state index in [1.54, 1.807) is 12.1 Å². The first kappa shape index (κ1) is 18.2. The predicted octanol–water partition coefficient (Wildman–Crippen LogP) is 2.75. The summed E-state index contributed by atoms with van der Waals surface area (Å²) in [5, 5.41) is 4.58. The van der Waals surface area contributed by atoms with Gasteiger partial charge in [0.1, 0.15) is 0 Å². The summed E-state index contributed by atoms with van der Waals surface area (Å²) in [6.45, 7) is 1.85. The standard InChI is InChI=1S/C19H20N2O4/c1-2-12-20-19(24)21-17(22)13-25-18(23)16-10-8-15(9-11-16)14-6-4-3-5-7-14/h3-11H,2,12-13H2,1H3,(H2,20,21,22,24). The van der Waals surface area contributed by atoms with E-state index in [-0.39, 0.29) is 0 Å². The molecule has 2 aromatic carbocycles. The van der Waals surface area contributed by atoms with Crippen LogP contribution in [0.15, 0.2) is 54.6 Å². The molecule has 0 aliphatic rings. The Morgan fingerprint density at radius 2 is 1.56 bits per heavy atom. The van der Waals surface area contributed by atoms with Crippen molar-refractivity contribution >= 4 is 17.9 Å². The Balaban J connectivity index is 1.85. The zero-order valence-electron chi connectivity index (χ0n) is 14.0. The second-order valence-corrected chi connectivity index (χ2v) is 5.32. The van der Waals surface area contributed by atoms with Crippen LogP contribution in [0.1, 0.15) is 23.7 Å². The summed E-state index contributed by atoms with van der Waals surface area (Å²) < 4.78 is 4.91. The monoisotopic (exact) mass is 340 g/mol. The molecule has 6 heteroatoms. The molecular weight excluding hydrogens is 320 g/mol. The van der Waals surface area contributed by atoms with Crippen LogP contribution in [0.4, 0.5) is 4.79 Å². The Morgan fingerprint density at radius 3 is 2.20 bits per heavy atom. The zero-order valence-corrected chi connectivity index (χ0v) is 14.0. The Morgan fingerprint density at radius 1 is 0.920 bits per heavy atom. The Hall–Kier alpha value is -3.15. The molecule has 0 fully saturated rings. The largest absolute Gasteiger partial charge is 0.452 e. The van der Waals surface area contributed by atoms with Crippen LogP contribution < -0.4 is 10.6 Å². The van der Waals surface area contributed by atoms with Crippen LogP contribution in [0.2, 0.25) is 0 Å². The Bertz CT molecular complexity index is 727. The molecule has 25 heavy (non-hydrogen) atoms. The molecule has 0 saturated heterocycles. The lowest BCUT2D eigenvalue weighted by Gasteiger charge is -2.07. The molecule has 2 N–H and O–H groups in total. The van der Waals surface area contributed by atoms with Crippen LogP contribution in [0, 0.1) is 0 Å². The molecule has 6 nitrogen and oxygen atoms in total. The van der Waals surface area contributed by atoms with E-state index in [9.17, 15) is 14.4 Å².